The Labute approximate surface area is 203 Å². The molecule has 0 bridgehead atoms. The average Bonchev–Trinajstić information content (AvgIpc) is 3.55. The van der Waals surface area contributed by atoms with Crippen LogP contribution in [0.15, 0.2) is 41.4 Å². The standard InChI is InChI=1S/C22H22ClFN6O5/c23-11-4-5-14(13(24)7-11)28-20-16-21(26-9-25-20)30(10-27-16)22-18(33)17(32)19(34-22)15-8-12(29-35-15)3-1-2-6-31/h4-5,7-10,17-19,22,31-33H,1-3,6H2,(H,25,26,28)/t17-,18+,19+,22+/m0/s1. The highest BCUT2D eigenvalue weighted by Gasteiger charge is 2.46. The predicted octanol–water partition coefficient (Wildman–Crippen LogP) is 2.66. The molecule has 3 aromatic heterocycles. The van der Waals surface area contributed by atoms with E-state index in [9.17, 15) is 14.6 Å². The van der Waals surface area contributed by atoms with E-state index in [0.717, 1.165) is 6.42 Å². The van der Waals surface area contributed by atoms with Crippen molar-refractivity contribution in [2.45, 2.75) is 43.8 Å². The number of rotatable bonds is 8. The van der Waals surface area contributed by atoms with E-state index in [0.29, 0.717) is 29.7 Å². The van der Waals surface area contributed by atoms with Crippen LogP contribution in [0.4, 0.5) is 15.9 Å². The van der Waals surface area contributed by atoms with Gasteiger partial charge in [0.1, 0.15) is 30.5 Å². The molecule has 1 aliphatic heterocycles. The third-order valence-electron chi connectivity index (χ3n) is 5.75. The van der Waals surface area contributed by atoms with E-state index < -0.39 is 30.4 Å². The molecular formula is C22H22ClFN6O5. The van der Waals surface area contributed by atoms with Gasteiger partial charge in [0, 0.05) is 17.7 Å². The minimum atomic E-state index is -1.32. The predicted molar refractivity (Wildman–Crippen MR) is 121 cm³/mol. The first-order valence-electron chi connectivity index (χ1n) is 10.9. The van der Waals surface area contributed by atoms with Crippen molar-refractivity contribution in [2.75, 3.05) is 11.9 Å². The second-order valence-electron chi connectivity index (χ2n) is 8.13. The van der Waals surface area contributed by atoms with Crippen LogP contribution in [0.2, 0.25) is 5.02 Å². The van der Waals surface area contributed by atoms with Crippen LogP contribution in [-0.4, -0.2) is 58.8 Å². The van der Waals surface area contributed by atoms with Gasteiger partial charge < -0.3 is 29.9 Å². The summed E-state index contributed by atoms with van der Waals surface area (Å²) in [6, 6.07) is 5.85. The van der Waals surface area contributed by atoms with E-state index in [-0.39, 0.29) is 28.9 Å². The van der Waals surface area contributed by atoms with Gasteiger partial charge in [0.05, 0.1) is 17.7 Å². The SMILES string of the molecule is OCCCCc1cc([C@H]2O[C@@H](n3cnc4c(Nc5ccc(Cl)cc5F)ncnc43)[C@H](O)[C@@H]2O)on1. The molecule has 13 heteroatoms. The number of halogens is 2. The molecule has 0 amide bonds. The number of fused-ring (bicyclic) bond motifs is 1. The van der Waals surface area contributed by atoms with Crippen LogP contribution >= 0.6 is 11.6 Å². The zero-order valence-corrected chi connectivity index (χ0v) is 19.0. The summed E-state index contributed by atoms with van der Waals surface area (Å²) < 4.78 is 27.0. The zero-order valence-electron chi connectivity index (χ0n) is 18.3. The van der Waals surface area contributed by atoms with Crippen molar-refractivity contribution in [1.82, 2.24) is 24.7 Å². The van der Waals surface area contributed by atoms with E-state index in [1.54, 1.807) is 6.07 Å². The van der Waals surface area contributed by atoms with Crippen molar-refractivity contribution in [3.05, 3.63) is 59.2 Å². The summed E-state index contributed by atoms with van der Waals surface area (Å²) in [7, 11) is 0. The maximum absolute atomic E-state index is 14.3. The Bertz CT molecular complexity index is 1330. The Morgan fingerprint density at radius 1 is 1.11 bits per heavy atom. The Kier molecular flexibility index (Phi) is 6.62. The van der Waals surface area contributed by atoms with Gasteiger partial charge in [-0.2, -0.15) is 0 Å². The lowest BCUT2D eigenvalue weighted by atomic mass is 10.1. The van der Waals surface area contributed by atoms with Crippen LogP contribution < -0.4 is 5.32 Å². The molecular weight excluding hydrogens is 483 g/mol. The number of anilines is 2. The van der Waals surface area contributed by atoms with E-state index >= 15 is 0 Å². The van der Waals surface area contributed by atoms with Gasteiger partial charge in [-0.3, -0.25) is 4.57 Å². The van der Waals surface area contributed by atoms with Gasteiger partial charge in [0.15, 0.2) is 29.0 Å². The molecule has 1 aliphatic rings. The number of aromatic nitrogens is 5. The van der Waals surface area contributed by atoms with Crippen LogP contribution in [0.25, 0.3) is 11.2 Å². The lowest BCUT2D eigenvalue weighted by Crippen LogP contribution is -2.28. The van der Waals surface area contributed by atoms with Crippen LogP contribution in [0.5, 0.6) is 0 Å². The van der Waals surface area contributed by atoms with Gasteiger partial charge >= 0.3 is 0 Å². The number of nitrogens with zero attached hydrogens (tertiary/aromatic N) is 5. The van der Waals surface area contributed by atoms with Crippen LogP contribution in [-0.2, 0) is 11.2 Å². The molecule has 1 saturated heterocycles. The van der Waals surface area contributed by atoms with Gasteiger partial charge in [0.25, 0.3) is 0 Å². The van der Waals surface area contributed by atoms with Gasteiger partial charge in [-0.1, -0.05) is 16.8 Å². The molecule has 0 unspecified atom stereocenters. The molecule has 1 aromatic carbocycles. The Hall–Kier alpha value is -3.16. The number of aliphatic hydroxyl groups is 3. The van der Waals surface area contributed by atoms with Crippen molar-refractivity contribution < 1.29 is 29.0 Å². The number of benzene rings is 1. The maximum atomic E-state index is 14.3. The van der Waals surface area contributed by atoms with Crippen molar-refractivity contribution in [3.8, 4) is 0 Å². The summed E-state index contributed by atoms with van der Waals surface area (Å²) in [6.45, 7) is 0.0946. The van der Waals surface area contributed by atoms with E-state index in [2.05, 4.69) is 25.4 Å². The minimum Gasteiger partial charge on any atom is -0.396 e. The molecule has 4 atom stereocenters. The molecule has 35 heavy (non-hydrogen) atoms. The molecule has 0 aliphatic carbocycles. The molecule has 4 aromatic rings. The monoisotopic (exact) mass is 504 g/mol. The summed E-state index contributed by atoms with van der Waals surface area (Å²) in [4.78, 5) is 12.7. The van der Waals surface area contributed by atoms with Crippen molar-refractivity contribution >= 4 is 34.3 Å². The number of imidazole rings is 1. The van der Waals surface area contributed by atoms with Crippen molar-refractivity contribution in [2.24, 2.45) is 0 Å². The Balaban J connectivity index is 1.39. The lowest BCUT2D eigenvalue weighted by Gasteiger charge is -2.16. The van der Waals surface area contributed by atoms with Crippen molar-refractivity contribution in [1.29, 1.82) is 0 Å². The summed E-state index contributed by atoms with van der Waals surface area (Å²) in [5, 5.41) is 37.4. The highest BCUT2D eigenvalue weighted by molar-refractivity contribution is 6.30. The average molecular weight is 505 g/mol. The van der Waals surface area contributed by atoms with E-state index in [4.69, 9.17) is 26.0 Å². The van der Waals surface area contributed by atoms with Gasteiger partial charge in [-0.15, -0.1) is 0 Å². The van der Waals surface area contributed by atoms with Gasteiger partial charge in [-0.25, -0.2) is 19.3 Å². The normalized spacial score (nSPS) is 22.2. The number of unbranched alkanes of at least 4 members (excludes halogenated alkanes) is 1. The smallest absolute Gasteiger partial charge is 0.168 e. The first kappa shape index (κ1) is 23.6. The number of aryl methyl sites for hydroxylation is 1. The molecule has 1 fully saturated rings. The number of hydrogen-bond acceptors (Lipinski definition) is 10. The second-order valence-corrected chi connectivity index (χ2v) is 8.56. The topological polar surface area (TPSA) is 152 Å². The molecule has 0 saturated carbocycles. The summed E-state index contributed by atoms with van der Waals surface area (Å²) >= 11 is 5.82. The summed E-state index contributed by atoms with van der Waals surface area (Å²) in [6.07, 6.45) is 0.0340. The molecule has 4 N–H and O–H groups in total. The molecule has 5 rings (SSSR count). The Morgan fingerprint density at radius 3 is 2.77 bits per heavy atom. The highest BCUT2D eigenvalue weighted by Crippen LogP contribution is 2.40. The Morgan fingerprint density at radius 2 is 1.97 bits per heavy atom. The van der Waals surface area contributed by atoms with Crippen LogP contribution in [0.3, 0.4) is 0 Å². The van der Waals surface area contributed by atoms with E-state index in [1.807, 2.05) is 0 Å². The quantitative estimate of drug-likeness (QED) is 0.263. The number of aliphatic hydroxyl groups excluding tert-OH is 3. The molecule has 0 spiro atoms. The summed E-state index contributed by atoms with van der Waals surface area (Å²) in [5.74, 6) is -0.0491. The van der Waals surface area contributed by atoms with Gasteiger partial charge in [0.2, 0.25) is 0 Å². The van der Waals surface area contributed by atoms with Gasteiger partial charge in [-0.05, 0) is 37.5 Å². The largest absolute Gasteiger partial charge is 0.396 e. The fraction of sp³-hybridized carbons (Fsp3) is 0.364. The summed E-state index contributed by atoms with van der Waals surface area (Å²) in [5.41, 5.74) is 1.42. The third-order valence-corrected chi connectivity index (χ3v) is 5.99. The molecule has 0 radical (unpaired) electrons. The maximum Gasteiger partial charge on any atom is 0.168 e. The van der Waals surface area contributed by atoms with E-state index in [1.165, 1.54) is 35.4 Å². The molecule has 4 heterocycles. The number of hydrogen-bond donors (Lipinski definition) is 4. The van der Waals surface area contributed by atoms with Crippen molar-refractivity contribution in [3.63, 3.8) is 0 Å². The zero-order chi connectivity index (χ0) is 24.5. The first-order chi connectivity index (χ1) is 17.0. The fourth-order valence-electron chi connectivity index (χ4n) is 3.97. The minimum absolute atomic E-state index is 0.0946. The van der Waals surface area contributed by atoms with Crippen LogP contribution in [0.1, 0.15) is 36.6 Å². The lowest BCUT2D eigenvalue weighted by molar-refractivity contribution is -0.0434. The van der Waals surface area contributed by atoms with Crippen LogP contribution in [0, 0.1) is 5.82 Å². The molecule has 11 nitrogen and oxygen atoms in total. The third kappa shape index (κ3) is 4.58. The molecule has 184 valence electrons. The number of ether oxygens (including phenoxy) is 1. The first-order valence-corrected chi connectivity index (χ1v) is 11.3. The fourth-order valence-corrected chi connectivity index (χ4v) is 4.13. The highest BCUT2D eigenvalue weighted by atomic mass is 35.5. The number of nitrogens with one attached hydrogen (secondary N) is 1. The second kappa shape index (κ2) is 9.84.